The minimum Gasteiger partial charge on any atom is -0.103 e. The molecule has 0 aromatic carbocycles. The summed E-state index contributed by atoms with van der Waals surface area (Å²) in [6.07, 6.45) is 6.18. The van der Waals surface area contributed by atoms with Crippen LogP contribution < -0.4 is 0 Å². The molecule has 0 heterocycles. The summed E-state index contributed by atoms with van der Waals surface area (Å²) in [6.45, 7) is 19.4. The fraction of sp³-hybridized carbons (Fsp3) is 0.667. The van der Waals surface area contributed by atoms with Crippen LogP contribution in [-0.2, 0) is 0 Å². The molecule has 1 atom stereocenters. The van der Waals surface area contributed by atoms with E-state index in [1.165, 1.54) is 0 Å². The molecule has 0 aliphatic heterocycles. The zero-order chi connectivity index (χ0) is 12.1. The predicted molar refractivity (Wildman–Crippen MR) is 84.4 cm³/mol. The van der Waals surface area contributed by atoms with Gasteiger partial charge in [-0.1, -0.05) is 72.6 Å². The molecule has 0 bridgehead atoms. The smallest absolute Gasteiger partial charge is 0.103 e. The summed E-state index contributed by atoms with van der Waals surface area (Å²) in [4.78, 5) is 0. The minimum absolute atomic E-state index is 0.103. The van der Waals surface area contributed by atoms with Crippen molar-refractivity contribution in [3.05, 3.63) is 25.3 Å². The highest BCUT2D eigenvalue weighted by atomic mass is 127. The van der Waals surface area contributed by atoms with E-state index in [0.29, 0.717) is 5.16 Å². The fourth-order valence-corrected chi connectivity index (χ4v) is 5.57. The van der Waals surface area contributed by atoms with Crippen molar-refractivity contribution in [3.8, 4) is 0 Å². The molecule has 0 rings (SSSR count). The maximum atomic E-state index is 3.84. The summed E-state index contributed by atoms with van der Waals surface area (Å²) in [7, 11) is 0. The van der Waals surface area contributed by atoms with Crippen LogP contribution in [0.1, 0.15) is 40.5 Å². The zero-order valence-electron chi connectivity index (χ0n) is 10.4. The largest absolute Gasteiger partial charge is 0.167 e. The lowest BCUT2D eigenvalue weighted by molar-refractivity contribution is 0.685. The molecular weight excluding hydrogens is 313 g/mol. The molecule has 0 nitrogen and oxygen atoms in total. The van der Waals surface area contributed by atoms with E-state index >= 15 is 0 Å². The molecule has 0 saturated heterocycles. The Morgan fingerprint density at radius 3 is 2.00 bits per heavy atom. The second-order valence-electron chi connectivity index (χ2n) is 5.23. The molecule has 0 aromatic heterocycles. The standard InChI is InChI=1S/C12H22BIP/c1-7-9-11(3,4)13-15(14)12(5,6)10-8-2/h7-8H,1-2,9-10H2,3-6H3. The van der Waals surface area contributed by atoms with E-state index in [1.807, 2.05) is 12.2 Å². The van der Waals surface area contributed by atoms with Crippen molar-refractivity contribution in [2.75, 3.05) is 0 Å². The molecule has 15 heavy (non-hydrogen) atoms. The third-order valence-corrected chi connectivity index (χ3v) is 9.37. The molecule has 1 unspecified atom stereocenters. The van der Waals surface area contributed by atoms with Crippen LogP contribution in [0.2, 0.25) is 5.31 Å². The maximum Gasteiger partial charge on any atom is 0.167 e. The van der Waals surface area contributed by atoms with Crippen LogP contribution >= 0.6 is 27.5 Å². The van der Waals surface area contributed by atoms with Crippen LogP contribution in [0.15, 0.2) is 25.3 Å². The maximum absolute atomic E-state index is 3.84. The molecule has 0 aromatic rings. The highest BCUT2D eigenvalue weighted by Crippen LogP contribution is 2.61. The van der Waals surface area contributed by atoms with Crippen LogP contribution in [0.4, 0.5) is 0 Å². The van der Waals surface area contributed by atoms with Crippen LogP contribution in [-0.4, -0.2) is 12.2 Å². The van der Waals surface area contributed by atoms with Gasteiger partial charge in [0.15, 0.2) is 7.00 Å². The highest BCUT2D eigenvalue weighted by molar-refractivity contribution is 14.2. The Kier molecular flexibility index (Phi) is 6.75. The van der Waals surface area contributed by atoms with Gasteiger partial charge in [0, 0.05) is 0 Å². The third-order valence-electron chi connectivity index (χ3n) is 2.36. The molecule has 85 valence electrons. The van der Waals surface area contributed by atoms with Crippen molar-refractivity contribution < 1.29 is 0 Å². The average molecular weight is 335 g/mol. The van der Waals surface area contributed by atoms with E-state index < -0.39 is 0 Å². The van der Waals surface area contributed by atoms with Gasteiger partial charge >= 0.3 is 0 Å². The summed E-state index contributed by atoms with van der Waals surface area (Å²) < 4.78 is 0. The number of halogens is 1. The van der Waals surface area contributed by atoms with E-state index in [4.69, 9.17) is 0 Å². The lowest BCUT2D eigenvalue weighted by atomic mass is 9.69. The van der Waals surface area contributed by atoms with Crippen LogP contribution in [0.25, 0.3) is 0 Å². The minimum atomic E-state index is -0.103. The second kappa shape index (κ2) is 6.44. The van der Waals surface area contributed by atoms with E-state index in [2.05, 4.69) is 69.9 Å². The number of allylic oxidation sites excluding steroid dienone is 2. The van der Waals surface area contributed by atoms with Gasteiger partial charge < -0.3 is 0 Å². The molecule has 0 spiro atoms. The SMILES string of the molecule is C=CCC(C)(C)[B]P(I)C(C)(C)CC=C. The van der Waals surface area contributed by atoms with Gasteiger partial charge in [0.25, 0.3) is 0 Å². The summed E-state index contributed by atoms with van der Waals surface area (Å²) in [5.74, 6) is 0. The molecule has 0 fully saturated rings. The van der Waals surface area contributed by atoms with Crippen LogP contribution in [0.3, 0.4) is 0 Å². The number of rotatable bonds is 7. The van der Waals surface area contributed by atoms with Gasteiger partial charge in [-0.15, -0.1) is 13.2 Å². The van der Waals surface area contributed by atoms with E-state index in [-0.39, 0.29) is 10.8 Å². The van der Waals surface area contributed by atoms with Gasteiger partial charge in [0.05, 0.1) is 0 Å². The zero-order valence-corrected chi connectivity index (χ0v) is 13.4. The van der Waals surface area contributed by atoms with Crippen molar-refractivity contribution in [1.29, 1.82) is 0 Å². The molecular formula is C12H22BIP. The van der Waals surface area contributed by atoms with Crippen molar-refractivity contribution in [2.24, 2.45) is 0 Å². The Bertz CT molecular complexity index is 224. The first kappa shape index (κ1) is 15.7. The summed E-state index contributed by atoms with van der Waals surface area (Å²) in [6, 6.07) is 0. The molecule has 1 radical (unpaired) electrons. The van der Waals surface area contributed by atoms with Gasteiger partial charge in [-0.05, 0) is 18.0 Å². The first-order chi connectivity index (χ1) is 6.75. The summed E-state index contributed by atoms with van der Waals surface area (Å²) >= 11 is 2.60. The van der Waals surface area contributed by atoms with Crippen molar-refractivity contribution in [1.82, 2.24) is 0 Å². The lowest BCUT2D eigenvalue weighted by Crippen LogP contribution is -2.21. The number of hydrogen-bond donors (Lipinski definition) is 0. The van der Waals surface area contributed by atoms with Gasteiger partial charge in [-0.25, -0.2) is 0 Å². The fourth-order valence-electron chi connectivity index (χ4n) is 1.35. The Morgan fingerprint density at radius 2 is 1.60 bits per heavy atom. The van der Waals surface area contributed by atoms with Gasteiger partial charge in [-0.2, -0.15) is 0 Å². The monoisotopic (exact) mass is 335 g/mol. The van der Waals surface area contributed by atoms with E-state index in [9.17, 15) is 0 Å². The summed E-state index contributed by atoms with van der Waals surface area (Å²) in [5, 5.41) is 0.628. The first-order valence-electron chi connectivity index (χ1n) is 5.28. The van der Waals surface area contributed by atoms with Crippen LogP contribution in [0, 0.1) is 0 Å². The Hall–Kier alpha value is 0.705. The molecule has 3 heteroatoms. The predicted octanol–water partition coefficient (Wildman–Crippen LogP) is 5.57. The quantitative estimate of drug-likeness (QED) is 0.247. The molecule has 0 amide bonds. The normalized spacial score (nSPS) is 14.5. The van der Waals surface area contributed by atoms with Crippen molar-refractivity contribution in [3.63, 3.8) is 0 Å². The average Bonchev–Trinajstić information content (AvgIpc) is 2.02. The molecule has 0 aliphatic carbocycles. The van der Waals surface area contributed by atoms with E-state index in [0.717, 1.165) is 12.8 Å². The van der Waals surface area contributed by atoms with Gasteiger partial charge in [-0.3, -0.25) is 0 Å². The number of hydrogen-bond acceptors (Lipinski definition) is 0. The van der Waals surface area contributed by atoms with E-state index in [1.54, 1.807) is 0 Å². The Labute approximate surface area is 110 Å². The molecule has 0 N–H and O–H groups in total. The third kappa shape index (κ3) is 6.11. The van der Waals surface area contributed by atoms with Crippen LogP contribution in [0.5, 0.6) is 0 Å². The Morgan fingerprint density at radius 1 is 1.13 bits per heavy atom. The highest BCUT2D eigenvalue weighted by Gasteiger charge is 2.31. The molecule has 0 saturated carbocycles. The second-order valence-corrected chi connectivity index (χ2v) is 10.4. The topological polar surface area (TPSA) is 0 Å². The van der Waals surface area contributed by atoms with Crippen molar-refractivity contribution in [2.45, 2.75) is 51.0 Å². The van der Waals surface area contributed by atoms with Gasteiger partial charge in [0.2, 0.25) is 0 Å². The first-order valence-corrected chi connectivity index (χ1v) is 9.48. The van der Waals surface area contributed by atoms with Gasteiger partial charge in [0.1, 0.15) is 0 Å². The van der Waals surface area contributed by atoms with Crippen molar-refractivity contribution >= 4 is 34.5 Å². The Balaban J connectivity index is 4.39. The molecule has 0 aliphatic rings. The summed E-state index contributed by atoms with van der Waals surface area (Å²) in [5.41, 5.74) is -0.103. The lowest BCUT2D eigenvalue weighted by Gasteiger charge is -2.34.